The molecule has 6 nitrogen and oxygen atoms in total. The van der Waals surface area contributed by atoms with Crippen LogP contribution in [0.15, 0.2) is 34.9 Å². The van der Waals surface area contributed by atoms with Crippen molar-refractivity contribution in [1.29, 1.82) is 0 Å². The molecular weight excluding hydrogens is 294 g/mol. The predicted octanol–water partition coefficient (Wildman–Crippen LogP) is 2.31. The van der Waals surface area contributed by atoms with Crippen molar-refractivity contribution in [3.8, 4) is 0 Å². The predicted molar refractivity (Wildman–Crippen MR) is 83.8 cm³/mol. The number of hydrogen-bond donors (Lipinski definition) is 0. The molecule has 2 heterocycles. The SMILES string of the molecule is CCc1nc(COCC2CCN(C(=O)c3ccccc3)C2)no1. The Hall–Kier alpha value is -2.21. The lowest BCUT2D eigenvalue weighted by Crippen LogP contribution is -2.29. The molecule has 0 radical (unpaired) electrons. The zero-order chi connectivity index (χ0) is 16.1. The highest BCUT2D eigenvalue weighted by Crippen LogP contribution is 2.19. The van der Waals surface area contributed by atoms with E-state index in [1.165, 1.54) is 0 Å². The Morgan fingerprint density at radius 2 is 2.22 bits per heavy atom. The maximum Gasteiger partial charge on any atom is 0.253 e. The average Bonchev–Trinajstić information content (AvgIpc) is 3.24. The van der Waals surface area contributed by atoms with Crippen molar-refractivity contribution < 1.29 is 14.1 Å². The zero-order valence-corrected chi connectivity index (χ0v) is 13.3. The molecule has 2 aromatic rings. The third kappa shape index (κ3) is 3.96. The van der Waals surface area contributed by atoms with Crippen molar-refractivity contribution in [2.75, 3.05) is 19.7 Å². The van der Waals surface area contributed by atoms with Crippen LogP contribution in [0.25, 0.3) is 0 Å². The Kier molecular flexibility index (Phi) is 5.02. The average molecular weight is 315 g/mol. The van der Waals surface area contributed by atoms with E-state index in [0.717, 1.165) is 31.5 Å². The fraction of sp³-hybridized carbons (Fsp3) is 0.471. The summed E-state index contributed by atoms with van der Waals surface area (Å²) in [6.45, 7) is 4.44. The molecule has 1 fully saturated rings. The second kappa shape index (κ2) is 7.37. The van der Waals surface area contributed by atoms with E-state index in [-0.39, 0.29) is 5.91 Å². The molecule has 0 bridgehead atoms. The van der Waals surface area contributed by atoms with E-state index in [2.05, 4.69) is 10.1 Å². The smallest absolute Gasteiger partial charge is 0.253 e. The third-order valence-corrected chi connectivity index (χ3v) is 3.99. The number of hydrogen-bond acceptors (Lipinski definition) is 5. The van der Waals surface area contributed by atoms with E-state index in [1.807, 2.05) is 42.2 Å². The highest BCUT2D eigenvalue weighted by atomic mass is 16.5. The van der Waals surface area contributed by atoms with Crippen molar-refractivity contribution in [3.63, 3.8) is 0 Å². The maximum absolute atomic E-state index is 12.4. The molecular formula is C17H21N3O3. The van der Waals surface area contributed by atoms with E-state index < -0.39 is 0 Å². The Bertz CT molecular complexity index is 642. The lowest BCUT2D eigenvalue weighted by molar-refractivity contribution is 0.0717. The summed E-state index contributed by atoms with van der Waals surface area (Å²) in [7, 11) is 0. The van der Waals surface area contributed by atoms with Crippen LogP contribution in [0.3, 0.4) is 0 Å². The van der Waals surface area contributed by atoms with Crippen LogP contribution in [0, 0.1) is 5.92 Å². The van der Waals surface area contributed by atoms with Gasteiger partial charge in [0.1, 0.15) is 6.61 Å². The van der Waals surface area contributed by atoms with Crippen LogP contribution < -0.4 is 0 Å². The first-order chi connectivity index (χ1) is 11.3. The van der Waals surface area contributed by atoms with Crippen LogP contribution in [0.1, 0.15) is 35.4 Å². The van der Waals surface area contributed by atoms with E-state index in [1.54, 1.807) is 0 Å². The summed E-state index contributed by atoms with van der Waals surface area (Å²) in [5.41, 5.74) is 0.743. The quantitative estimate of drug-likeness (QED) is 0.818. The van der Waals surface area contributed by atoms with Gasteiger partial charge in [0.15, 0.2) is 5.82 Å². The number of aromatic nitrogens is 2. The summed E-state index contributed by atoms with van der Waals surface area (Å²) in [6.07, 6.45) is 1.69. The Morgan fingerprint density at radius 3 is 2.96 bits per heavy atom. The van der Waals surface area contributed by atoms with Gasteiger partial charge in [-0.2, -0.15) is 4.98 Å². The summed E-state index contributed by atoms with van der Waals surface area (Å²) in [5, 5.41) is 3.86. The first-order valence-corrected chi connectivity index (χ1v) is 7.99. The maximum atomic E-state index is 12.4. The van der Waals surface area contributed by atoms with Gasteiger partial charge in [0, 0.05) is 31.0 Å². The molecule has 0 saturated carbocycles. The largest absolute Gasteiger partial charge is 0.373 e. The van der Waals surface area contributed by atoms with Gasteiger partial charge in [-0.05, 0) is 18.6 Å². The van der Waals surface area contributed by atoms with E-state index in [0.29, 0.717) is 30.8 Å². The van der Waals surface area contributed by atoms with Crippen LogP contribution >= 0.6 is 0 Å². The molecule has 0 aliphatic carbocycles. The van der Waals surface area contributed by atoms with Gasteiger partial charge in [-0.25, -0.2) is 0 Å². The number of ether oxygens (including phenoxy) is 1. The molecule has 1 aromatic heterocycles. The molecule has 0 N–H and O–H groups in total. The lowest BCUT2D eigenvalue weighted by atomic mass is 10.1. The monoisotopic (exact) mass is 315 g/mol. The van der Waals surface area contributed by atoms with Crippen molar-refractivity contribution >= 4 is 5.91 Å². The van der Waals surface area contributed by atoms with Gasteiger partial charge < -0.3 is 14.2 Å². The zero-order valence-electron chi connectivity index (χ0n) is 13.3. The van der Waals surface area contributed by atoms with E-state index >= 15 is 0 Å². The van der Waals surface area contributed by atoms with Crippen molar-refractivity contribution in [3.05, 3.63) is 47.6 Å². The van der Waals surface area contributed by atoms with Crippen molar-refractivity contribution in [2.45, 2.75) is 26.4 Å². The van der Waals surface area contributed by atoms with Crippen LogP contribution in [-0.2, 0) is 17.8 Å². The summed E-state index contributed by atoms with van der Waals surface area (Å²) in [6, 6.07) is 9.40. The molecule has 1 amide bonds. The topological polar surface area (TPSA) is 68.5 Å². The van der Waals surface area contributed by atoms with Gasteiger partial charge in [0.05, 0.1) is 6.61 Å². The number of nitrogens with zero attached hydrogens (tertiary/aromatic N) is 3. The van der Waals surface area contributed by atoms with Gasteiger partial charge in [-0.15, -0.1) is 0 Å². The standard InChI is InChI=1S/C17H21N3O3/c1-2-16-18-15(19-23-16)12-22-11-13-8-9-20(10-13)17(21)14-6-4-3-5-7-14/h3-7,13H,2,8-12H2,1H3. The van der Waals surface area contributed by atoms with Crippen LogP contribution in [0.5, 0.6) is 0 Å². The first kappa shape index (κ1) is 15.7. The number of carbonyl (C=O) groups is 1. The number of likely N-dealkylation sites (tertiary alicyclic amines) is 1. The molecule has 23 heavy (non-hydrogen) atoms. The fourth-order valence-electron chi connectivity index (χ4n) is 2.73. The second-order valence-electron chi connectivity index (χ2n) is 5.74. The first-order valence-electron chi connectivity index (χ1n) is 7.99. The minimum atomic E-state index is 0.0962. The third-order valence-electron chi connectivity index (χ3n) is 3.99. The number of amides is 1. The van der Waals surface area contributed by atoms with Crippen LogP contribution in [0.4, 0.5) is 0 Å². The number of benzene rings is 1. The number of aryl methyl sites for hydroxylation is 1. The molecule has 1 atom stereocenters. The molecule has 1 unspecified atom stereocenters. The van der Waals surface area contributed by atoms with Gasteiger partial charge in [-0.1, -0.05) is 30.3 Å². The molecule has 0 spiro atoms. The summed E-state index contributed by atoms with van der Waals surface area (Å²) in [4.78, 5) is 18.5. The van der Waals surface area contributed by atoms with Gasteiger partial charge >= 0.3 is 0 Å². The highest BCUT2D eigenvalue weighted by molar-refractivity contribution is 5.94. The van der Waals surface area contributed by atoms with Gasteiger partial charge in [0.25, 0.3) is 5.91 Å². The molecule has 1 saturated heterocycles. The lowest BCUT2D eigenvalue weighted by Gasteiger charge is -2.16. The second-order valence-corrected chi connectivity index (χ2v) is 5.74. The summed E-state index contributed by atoms with van der Waals surface area (Å²) >= 11 is 0. The summed E-state index contributed by atoms with van der Waals surface area (Å²) < 4.78 is 10.7. The minimum Gasteiger partial charge on any atom is -0.373 e. The molecule has 122 valence electrons. The molecule has 6 heteroatoms. The van der Waals surface area contributed by atoms with Crippen LogP contribution in [0.2, 0.25) is 0 Å². The Labute approximate surface area is 135 Å². The fourth-order valence-corrected chi connectivity index (χ4v) is 2.73. The van der Waals surface area contributed by atoms with Crippen molar-refractivity contribution in [2.24, 2.45) is 5.92 Å². The summed E-state index contributed by atoms with van der Waals surface area (Å²) in [5.74, 6) is 1.67. The minimum absolute atomic E-state index is 0.0962. The number of carbonyl (C=O) groups excluding carboxylic acids is 1. The van der Waals surface area contributed by atoms with E-state index in [9.17, 15) is 4.79 Å². The molecule has 3 rings (SSSR count). The normalized spacial score (nSPS) is 17.6. The van der Waals surface area contributed by atoms with Crippen molar-refractivity contribution in [1.82, 2.24) is 15.0 Å². The Morgan fingerprint density at radius 1 is 1.39 bits per heavy atom. The molecule has 1 aliphatic rings. The molecule has 1 aliphatic heterocycles. The van der Waals surface area contributed by atoms with Gasteiger partial charge in [-0.3, -0.25) is 4.79 Å². The van der Waals surface area contributed by atoms with Crippen LogP contribution in [-0.4, -0.2) is 40.6 Å². The van der Waals surface area contributed by atoms with E-state index in [4.69, 9.17) is 9.26 Å². The Balaban J connectivity index is 1.44. The molecule has 1 aromatic carbocycles. The number of rotatable bonds is 6. The highest BCUT2D eigenvalue weighted by Gasteiger charge is 2.27. The van der Waals surface area contributed by atoms with Gasteiger partial charge in [0.2, 0.25) is 5.89 Å².